The third kappa shape index (κ3) is 7.41. The summed E-state index contributed by atoms with van der Waals surface area (Å²) < 4.78 is 12.4. The molecule has 168 valence electrons. The summed E-state index contributed by atoms with van der Waals surface area (Å²) in [6, 6.07) is 0. The minimum atomic E-state index is -0.319. The molecule has 6 heteroatoms. The molecule has 2 bridgehead atoms. The van der Waals surface area contributed by atoms with Crippen molar-refractivity contribution in [2.24, 2.45) is 11.8 Å². The fourth-order valence-corrected chi connectivity index (χ4v) is 6.80. The largest absolute Gasteiger partial charge is 0.378 e. The summed E-state index contributed by atoms with van der Waals surface area (Å²) in [7, 11) is 0. The Morgan fingerprint density at radius 1 is 1.10 bits per heavy atom. The summed E-state index contributed by atoms with van der Waals surface area (Å²) in [4.78, 5) is 11.1. The second-order valence-corrected chi connectivity index (χ2v) is 10.7. The zero-order valence-electron chi connectivity index (χ0n) is 18.2. The minimum absolute atomic E-state index is 0.146. The average molecular weight is 428 g/mol. The van der Waals surface area contributed by atoms with E-state index in [0.29, 0.717) is 30.5 Å². The van der Waals surface area contributed by atoms with Gasteiger partial charge in [-0.2, -0.15) is 11.8 Å². The number of nitrogens with one attached hydrogen (secondary N) is 1. The Morgan fingerprint density at radius 3 is 2.62 bits per heavy atom. The highest BCUT2D eigenvalue weighted by molar-refractivity contribution is 7.99. The maximum absolute atomic E-state index is 11.1. The van der Waals surface area contributed by atoms with Gasteiger partial charge in [-0.25, -0.2) is 5.48 Å². The molecule has 3 fully saturated rings. The van der Waals surface area contributed by atoms with Gasteiger partial charge in [0.05, 0.1) is 24.9 Å². The molecule has 3 aliphatic rings. The Morgan fingerprint density at radius 2 is 1.86 bits per heavy atom. The van der Waals surface area contributed by atoms with E-state index in [-0.39, 0.29) is 12.0 Å². The Kier molecular flexibility index (Phi) is 10.1. The number of fused-ring (bicyclic) bond motifs is 2. The number of hydroxylamine groups is 1. The molecule has 2 N–H and O–H groups in total. The number of ether oxygens (including phenoxy) is 2. The highest BCUT2D eigenvalue weighted by Gasteiger charge is 2.48. The highest BCUT2D eigenvalue weighted by atomic mass is 32.2. The molecule has 0 radical (unpaired) electrons. The number of carbonyl (C=O) groups is 1. The van der Waals surface area contributed by atoms with Gasteiger partial charge in [0.1, 0.15) is 0 Å². The molecule has 2 heterocycles. The standard InChI is InChI=1S/C23H41NO4S/c1-17(8-7-12-23(25)24-26)27-16-20-19(21-13-14-22(20)28-21)11-5-6-15-29-18-9-3-2-4-10-18/h17-22,26H,2-16H2,1H3,(H,24,25). The lowest BCUT2D eigenvalue weighted by atomic mass is 9.77. The first-order chi connectivity index (χ1) is 14.2. The fourth-order valence-electron chi connectivity index (χ4n) is 5.43. The van der Waals surface area contributed by atoms with Crippen LogP contribution in [0.3, 0.4) is 0 Å². The molecule has 2 aliphatic heterocycles. The van der Waals surface area contributed by atoms with Gasteiger partial charge < -0.3 is 9.47 Å². The van der Waals surface area contributed by atoms with Crippen molar-refractivity contribution in [1.29, 1.82) is 0 Å². The van der Waals surface area contributed by atoms with Gasteiger partial charge in [0.2, 0.25) is 5.91 Å². The molecular weight excluding hydrogens is 386 g/mol. The van der Waals surface area contributed by atoms with Crippen molar-refractivity contribution in [3.05, 3.63) is 0 Å². The van der Waals surface area contributed by atoms with Crippen LogP contribution in [0, 0.1) is 11.8 Å². The van der Waals surface area contributed by atoms with Gasteiger partial charge in [-0.05, 0) is 70.0 Å². The number of rotatable bonds is 13. The van der Waals surface area contributed by atoms with Gasteiger partial charge in [0.25, 0.3) is 0 Å². The van der Waals surface area contributed by atoms with E-state index in [9.17, 15) is 4.79 Å². The average Bonchev–Trinajstić information content (AvgIpc) is 3.34. The van der Waals surface area contributed by atoms with E-state index in [2.05, 4.69) is 18.7 Å². The van der Waals surface area contributed by atoms with Gasteiger partial charge in [0, 0.05) is 17.6 Å². The van der Waals surface area contributed by atoms with Crippen molar-refractivity contribution < 1.29 is 19.5 Å². The van der Waals surface area contributed by atoms with Crippen molar-refractivity contribution in [1.82, 2.24) is 5.48 Å². The Hall–Kier alpha value is -0.300. The van der Waals surface area contributed by atoms with E-state index < -0.39 is 0 Å². The van der Waals surface area contributed by atoms with Crippen LogP contribution >= 0.6 is 11.8 Å². The van der Waals surface area contributed by atoms with Crippen LogP contribution in [0.1, 0.15) is 90.4 Å². The fraction of sp³-hybridized carbons (Fsp3) is 0.957. The molecule has 0 spiro atoms. The number of hydrogen-bond acceptors (Lipinski definition) is 5. The normalized spacial score (nSPS) is 30.6. The van der Waals surface area contributed by atoms with E-state index in [1.165, 1.54) is 70.0 Å². The number of hydrogen-bond donors (Lipinski definition) is 2. The molecule has 2 saturated heterocycles. The third-order valence-corrected chi connectivity index (χ3v) is 8.61. The number of carbonyl (C=O) groups excluding carboxylic acids is 1. The molecule has 3 rings (SSSR count). The topological polar surface area (TPSA) is 67.8 Å². The van der Waals surface area contributed by atoms with Crippen LogP contribution in [0.2, 0.25) is 0 Å². The van der Waals surface area contributed by atoms with E-state index in [4.69, 9.17) is 14.7 Å². The van der Waals surface area contributed by atoms with E-state index in [1.807, 2.05) is 0 Å². The predicted octanol–water partition coefficient (Wildman–Crippen LogP) is 5.10. The van der Waals surface area contributed by atoms with Gasteiger partial charge in [-0.1, -0.05) is 25.7 Å². The lowest BCUT2D eigenvalue weighted by molar-refractivity contribution is -0.129. The number of unbranched alkanes of at least 4 members (excludes halogenated alkanes) is 1. The molecule has 1 aliphatic carbocycles. The van der Waals surface area contributed by atoms with Crippen molar-refractivity contribution in [2.75, 3.05) is 12.4 Å². The first-order valence-electron chi connectivity index (χ1n) is 12.0. The molecule has 0 aromatic carbocycles. The summed E-state index contributed by atoms with van der Waals surface area (Å²) in [5, 5.41) is 9.49. The van der Waals surface area contributed by atoms with Gasteiger partial charge in [0.15, 0.2) is 0 Å². The Bertz CT molecular complexity index is 485. The molecule has 5 atom stereocenters. The van der Waals surface area contributed by atoms with E-state index >= 15 is 0 Å². The van der Waals surface area contributed by atoms with Gasteiger partial charge >= 0.3 is 0 Å². The summed E-state index contributed by atoms with van der Waals surface area (Å²) in [6.45, 7) is 2.87. The van der Waals surface area contributed by atoms with Crippen LogP contribution in [-0.4, -0.2) is 47.0 Å². The van der Waals surface area contributed by atoms with Gasteiger partial charge in [-0.3, -0.25) is 10.0 Å². The maximum atomic E-state index is 11.1. The van der Waals surface area contributed by atoms with Crippen molar-refractivity contribution in [3.8, 4) is 0 Å². The maximum Gasteiger partial charge on any atom is 0.243 e. The van der Waals surface area contributed by atoms with Crippen molar-refractivity contribution >= 4 is 17.7 Å². The lowest BCUT2D eigenvalue weighted by Gasteiger charge is -2.29. The summed E-state index contributed by atoms with van der Waals surface area (Å²) in [5.74, 6) is 2.22. The summed E-state index contributed by atoms with van der Waals surface area (Å²) in [6.07, 6.45) is 16.5. The molecule has 5 nitrogen and oxygen atoms in total. The summed E-state index contributed by atoms with van der Waals surface area (Å²) >= 11 is 2.22. The minimum Gasteiger partial charge on any atom is -0.378 e. The molecule has 1 amide bonds. The zero-order valence-corrected chi connectivity index (χ0v) is 19.0. The molecule has 5 unspecified atom stereocenters. The quantitative estimate of drug-likeness (QED) is 0.243. The SMILES string of the molecule is CC(CCCC(=O)NO)OCC1C2CCC(O2)C1CCCCSC1CCCCC1. The Labute approximate surface area is 181 Å². The van der Waals surface area contributed by atoms with Gasteiger partial charge in [-0.15, -0.1) is 0 Å². The van der Waals surface area contributed by atoms with E-state index in [1.54, 1.807) is 5.48 Å². The monoisotopic (exact) mass is 427 g/mol. The zero-order chi connectivity index (χ0) is 20.5. The molecule has 0 aromatic rings. The number of amides is 1. The summed E-state index contributed by atoms with van der Waals surface area (Å²) in [5.41, 5.74) is 1.69. The lowest BCUT2D eigenvalue weighted by Crippen LogP contribution is -2.32. The first-order valence-corrected chi connectivity index (χ1v) is 13.0. The van der Waals surface area contributed by atoms with Crippen molar-refractivity contribution in [3.63, 3.8) is 0 Å². The second-order valence-electron chi connectivity index (χ2n) is 9.32. The molecule has 1 saturated carbocycles. The second kappa shape index (κ2) is 12.5. The van der Waals surface area contributed by atoms with Crippen LogP contribution in [0.4, 0.5) is 0 Å². The van der Waals surface area contributed by atoms with E-state index in [0.717, 1.165) is 24.7 Å². The molecule has 0 aromatic heterocycles. The van der Waals surface area contributed by atoms with Crippen LogP contribution in [-0.2, 0) is 14.3 Å². The third-order valence-electron chi connectivity index (χ3n) is 7.14. The number of thioether (sulfide) groups is 1. The smallest absolute Gasteiger partial charge is 0.243 e. The van der Waals surface area contributed by atoms with Crippen molar-refractivity contribution in [2.45, 2.75) is 114 Å². The van der Waals surface area contributed by atoms with Crippen LogP contribution in [0.25, 0.3) is 0 Å². The highest BCUT2D eigenvalue weighted by Crippen LogP contribution is 2.46. The molecular formula is C23H41NO4S. The molecule has 29 heavy (non-hydrogen) atoms. The predicted molar refractivity (Wildman–Crippen MR) is 117 cm³/mol. The Balaban J connectivity index is 1.31. The first kappa shape index (κ1) is 23.4. The van der Waals surface area contributed by atoms with Crippen LogP contribution in [0.15, 0.2) is 0 Å². The van der Waals surface area contributed by atoms with Crippen LogP contribution in [0.5, 0.6) is 0 Å². The van der Waals surface area contributed by atoms with Crippen LogP contribution < -0.4 is 5.48 Å².